The fourth-order valence-electron chi connectivity index (χ4n) is 2.26. The van der Waals surface area contributed by atoms with Crippen molar-refractivity contribution in [1.29, 1.82) is 0 Å². The summed E-state index contributed by atoms with van der Waals surface area (Å²) in [6, 6.07) is 1.78. The molecule has 98 valence electrons. The third kappa shape index (κ3) is 2.31. The lowest BCUT2D eigenvalue weighted by Gasteiger charge is -2.22. The summed E-state index contributed by atoms with van der Waals surface area (Å²) in [5.74, 6) is -0.875. The molecule has 0 aromatic carbocycles. The topological polar surface area (TPSA) is 57.6 Å². The molecule has 6 heteroatoms. The molecule has 1 aromatic rings. The number of carboxylic acid groups (broad SMARTS) is 1. The summed E-state index contributed by atoms with van der Waals surface area (Å²) < 4.78 is 0.907. The Hall–Kier alpha value is -0.880. The standard InChI is InChI=1S/C12H14BrNO3S/c1-2-12(11(16)17)3-4-14(7-12)10(15)8-5-9(13)18-6-8/h5-6H,2-4,7H2,1H3,(H,16,17). The predicted octanol–water partition coefficient (Wildman–Crippen LogP) is 2.84. The van der Waals surface area contributed by atoms with Crippen LogP contribution in [0.1, 0.15) is 30.1 Å². The highest BCUT2D eigenvalue weighted by molar-refractivity contribution is 9.11. The van der Waals surface area contributed by atoms with E-state index in [1.807, 2.05) is 6.92 Å². The zero-order valence-electron chi connectivity index (χ0n) is 9.98. The van der Waals surface area contributed by atoms with Crippen molar-refractivity contribution in [1.82, 2.24) is 4.90 Å². The van der Waals surface area contributed by atoms with E-state index in [1.54, 1.807) is 16.3 Å². The van der Waals surface area contributed by atoms with E-state index in [9.17, 15) is 14.7 Å². The van der Waals surface area contributed by atoms with Crippen LogP contribution in [0.3, 0.4) is 0 Å². The zero-order valence-corrected chi connectivity index (χ0v) is 12.4. The lowest BCUT2D eigenvalue weighted by Crippen LogP contribution is -2.36. The van der Waals surface area contributed by atoms with Crippen LogP contribution in [0.5, 0.6) is 0 Å². The second-order valence-corrected chi connectivity index (χ2v) is 6.85. The molecule has 1 aliphatic rings. The minimum absolute atomic E-state index is 0.0754. The molecule has 1 unspecified atom stereocenters. The number of amides is 1. The summed E-state index contributed by atoms with van der Waals surface area (Å²) in [6.45, 7) is 2.70. The Morgan fingerprint density at radius 1 is 1.61 bits per heavy atom. The number of hydrogen-bond acceptors (Lipinski definition) is 3. The number of rotatable bonds is 3. The van der Waals surface area contributed by atoms with Crippen LogP contribution in [0.2, 0.25) is 0 Å². The fourth-order valence-corrected chi connectivity index (χ4v) is 3.40. The van der Waals surface area contributed by atoms with Gasteiger partial charge in [-0.25, -0.2) is 0 Å². The Morgan fingerprint density at radius 2 is 2.33 bits per heavy atom. The minimum atomic E-state index is -0.799. The number of carbonyl (C=O) groups excluding carboxylic acids is 1. The number of carboxylic acids is 1. The predicted molar refractivity (Wildman–Crippen MR) is 72.9 cm³/mol. The molecule has 2 rings (SSSR count). The van der Waals surface area contributed by atoms with Crippen LogP contribution in [0.4, 0.5) is 0 Å². The number of nitrogens with zero attached hydrogens (tertiary/aromatic N) is 1. The normalized spacial score (nSPS) is 23.3. The first-order chi connectivity index (χ1) is 8.48. The third-order valence-corrected chi connectivity index (χ3v) is 5.09. The molecule has 0 bridgehead atoms. The second kappa shape index (κ2) is 5.01. The summed E-state index contributed by atoms with van der Waals surface area (Å²) in [4.78, 5) is 25.2. The summed E-state index contributed by atoms with van der Waals surface area (Å²) in [5, 5.41) is 11.1. The van der Waals surface area contributed by atoms with Gasteiger partial charge in [-0.05, 0) is 34.8 Å². The van der Waals surface area contributed by atoms with E-state index in [0.717, 1.165) is 3.79 Å². The van der Waals surface area contributed by atoms with Crippen molar-refractivity contribution >= 4 is 39.1 Å². The van der Waals surface area contributed by atoms with E-state index in [4.69, 9.17) is 0 Å². The SMILES string of the molecule is CCC1(C(=O)O)CCN(C(=O)c2csc(Br)c2)C1. The molecule has 18 heavy (non-hydrogen) atoms. The van der Waals surface area contributed by atoms with Gasteiger partial charge in [0.25, 0.3) is 5.91 Å². The van der Waals surface area contributed by atoms with E-state index in [0.29, 0.717) is 31.5 Å². The summed E-state index contributed by atoms with van der Waals surface area (Å²) >= 11 is 4.78. The molecule has 1 saturated heterocycles. The van der Waals surface area contributed by atoms with Crippen molar-refractivity contribution in [2.45, 2.75) is 19.8 Å². The van der Waals surface area contributed by atoms with Crippen molar-refractivity contribution in [2.75, 3.05) is 13.1 Å². The van der Waals surface area contributed by atoms with E-state index >= 15 is 0 Å². The van der Waals surface area contributed by atoms with Crippen LogP contribution in [0.15, 0.2) is 15.2 Å². The summed E-state index contributed by atoms with van der Waals surface area (Å²) in [6.07, 6.45) is 1.09. The first-order valence-electron chi connectivity index (χ1n) is 5.75. The summed E-state index contributed by atoms with van der Waals surface area (Å²) in [7, 11) is 0. The molecular formula is C12H14BrNO3S. The van der Waals surface area contributed by atoms with Gasteiger partial charge in [0.1, 0.15) is 0 Å². The van der Waals surface area contributed by atoms with E-state index in [-0.39, 0.29) is 5.91 Å². The Labute approximate surface area is 118 Å². The quantitative estimate of drug-likeness (QED) is 0.926. The van der Waals surface area contributed by atoms with Crippen molar-refractivity contribution in [3.63, 3.8) is 0 Å². The molecular weight excluding hydrogens is 318 g/mol. The maximum Gasteiger partial charge on any atom is 0.311 e. The smallest absolute Gasteiger partial charge is 0.311 e. The molecule has 1 N–H and O–H groups in total. The first-order valence-corrected chi connectivity index (χ1v) is 7.42. The second-order valence-electron chi connectivity index (χ2n) is 4.56. The minimum Gasteiger partial charge on any atom is -0.481 e. The Morgan fingerprint density at radius 3 is 2.78 bits per heavy atom. The molecule has 0 saturated carbocycles. The Balaban J connectivity index is 2.13. The lowest BCUT2D eigenvalue weighted by molar-refractivity contribution is -0.148. The number of carbonyl (C=O) groups is 2. The summed E-state index contributed by atoms with van der Waals surface area (Å²) in [5.41, 5.74) is -0.132. The highest BCUT2D eigenvalue weighted by Crippen LogP contribution is 2.35. The van der Waals surface area contributed by atoms with Gasteiger partial charge in [-0.1, -0.05) is 6.92 Å². The van der Waals surface area contributed by atoms with Gasteiger partial charge >= 0.3 is 5.97 Å². The van der Waals surface area contributed by atoms with Crippen molar-refractivity contribution in [3.8, 4) is 0 Å². The van der Waals surface area contributed by atoms with Gasteiger partial charge in [-0.2, -0.15) is 0 Å². The third-order valence-electron chi connectivity index (χ3n) is 3.59. The molecule has 0 aliphatic carbocycles. The molecule has 4 nitrogen and oxygen atoms in total. The van der Waals surface area contributed by atoms with Gasteiger partial charge in [0, 0.05) is 18.5 Å². The van der Waals surface area contributed by atoms with Crippen molar-refractivity contribution in [2.24, 2.45) is 5.41 Å². The van der Waals surface area contributed by atoms with Crippen molar-refractivity contribution in [3.05, 3.63) is 20.8 Å². The first kappa shape index (κ1) is 13.5. The van der Waals surface area contributed by atoms with Crippen LogP contribution in [-0.4, -0.2) is 35.0 Å². The van der Waals surface area contributed by atoms with Crippen LogP contribution >= 0.6 is 27.3 Å². The largest absolute Gasteiger partial charge is 0.481 e. The van der Waals surface area contributed by atoms with Gasteiger partial charge in [-0.3, -0.25) is 9.59 Å². The van der Waals surface area contributed by atoms with E-state index in [2.05, 4.69) is 15.9 Å². The van der Waals surface area contributed by atoms with Crippen LogP contribution in [0, 0.1) is 5.41 Å². The number of aliphatic carboxylic acids is 1. The molecule has 1 aliphatic heterocycles. The van der Waals surface area contributed by atoms with E-state index < -0.39 is 11.4 Å². The lowest BCUT2D eigenvalue weighted by atomic mass is 9.84. The molecule has 1 atom stereocenters. The molecule has 1 fully saturated rings. The van der Waals surface area contributed by atoms with Gasteiger partial charge in [0.15, 0.2) is 0 Å². The molecule has 1 amide bonds. The fraction of sp³-hybridized carbons (Fsp3) is 0.500. The molecule has 0 radical (unpaired) electrons. The monoisotopic (exact) mass is 331 g/mol. The van der Waals surface area contributed by atoms with Gasteiger partial charge in [-0.15, -0.1) is 11.3 Å². The zero-order chi connectivity index (χ0) is 13.3. The highest BCUT2D eigenvalue weighted by Gasteiger charge is 2.44. The van der Waals surface area contributed by atoms with Crippen LogP contribution < -0.4 is 0 Å². The Bertz CT molecular complexity index is 487. The van der Waals surface area contributed by atoms with Gasteiger partial charge in [0.05, 0.1) is 14.8 Å². The van der Waals surface area contributed by atoms with E-state index in [1.165, 1.54) is 11.3 Å². The molecule has 1 aromatic heterocycles. The number of likely N-dealkylation sites (tertiary alicyclic amines) is 1. The van der Waals surface area contributed by atoms with Crippen LogP contribution in [0.25, 0.3) is 0 Å². The number of thiophene rings is 1. The average Bonchev–Trinajstić information content (AvgIpc) is 2.95. The van der Waals surface area contributed by atoms with Gasteiger partial charge < -0.3 is 10.0 Å². The molecule has 0 spiro atoms. The number of hydrogen-bond donors (Lipinski definition) is 1. The average molecular weight is 332 g/mol. The van der Waals surface area contributed by atoms with Crippen LogP contribution in [-0.2, 0) is 4.79 Å². The van der Waals surface area contributed by atoms with Crippen molar-refractivity contribution < 1.29 is 14.7 Å². The maximum absolute atomic E-state index is 12.2. The Kier molecular flexibility index (Phi) is 3.77. The van der Waals surface area contributed by atoms with Gasteiger partial charge in [0.2, 0.25) is 0 Å². The number of halogens is 1. The highest BCUT2D eigenvalue weighted by atomic mass is 79.9. The molecule has 2 heterocycles. The maximum atomic E-state index is 12.2.